The molecule has 1 saturated carbocycles. The number of aromatic nitrogens is 1. The minimum atomic E-state index is -0.513. The quantitative estimate of drug-likeness (QED) is 0.567. The fourth-order valence-electron chi connectivity index (χ4n) is 2.58. The molecule has 142 valence electrons. The molecule has 27 heavy (non-hydrogen) atoms. The molecule has 0 atom stereocenters. The molecule has 0 radical (unpaired) electrons. The van der Waals surface area contributed by atoms with Crippen LogP contribution in [-0.2, 0) is 6.54 Å². The first-order chi connectivity index (χ1) is 12.9. The number of rotatable bonds is 8. The summed E-state index contributed by atoms with van der Waals surface area (Å²) in [7, 11) is 3.56. The number of nitrogens with one attached hydrogen (secondary N) is 1. The van der Waals surface area contributed by atoms with Gasteiger partial charge in [-0.15, -0.1) is 0 Å². The number of carbonyl (C=O) groups is 1. The molecule has 1 aromatic carbocycles. The van der Waals surface area contributed by atoms with E-state index in [9.17, 15) is 14.9 Å². The van der Waals surface area contributed by atoms with E-state index in [2.05, 4.69) is 10.3 Å². The first kappa shape index (κ1) is 18.6. The molecule has 0 aliphatic heterocycles. The van der Waals surface area contributed by atoms with Gasteiger partial charge in [0.1, 0.15) is 0 Å². The first-order valence-corrected chi connectivity index (χ1v) is 8.75. The van der Waals surface area contributed by atoms with Gasteiger partial charge in [0.2, 0.25) is 5.88 Å². The van der Waals surface area contributed by atoms with Crippen LogP contribution in [-0.4, -0.2) is 36.5 Å². The van der Waals surface area contributed by atoms with Crippen LogP contribution in [0.1, 0.15) is 28.8 Å². The number of pyridine rings is 1. The zero-order valence-electron chi connectivity index (χ0n) is 15.3. The Labute approximate surface area is 157 Å². The van der Waals surface area contributed by atoms with Gasteiger partial charge in [0.15, 0.2) is 0 Å². The summed E-state index contributed by atoms with van der Waals surface area (Å²) in [5, 5.41) is 13.8. The molecule has 2 aromatic rings. The lowest BCUT2D eigenvalue weighted by Crippen LogP contribution is -2.25. The number of benzene rings is 1. The largest absolute Gasteiger partial charge is 0.477 e. The van der Waals surface area contributed by atoms with Crippen LogP contribution < -0.4 is 15.0 Å². The van der Waals surface area contributed by atoms with E-state index in [4.69, 9.17) is 4.74 Å². The van der Waals surface area contributed by atoms with Crippen molar-refractivity contribution in [1.82, 2.24) is 10.3 Å². The maximum atomic E-state index is 12.6. The third-order valence-electron chi connectivity index (χ3n) is 4.33. The Hall–Kier alpha value is -3.16. The Morgan fingerprint density at radius 1 is 1.33 bits per heavy atom. The molecule has 0 unspecified atom stereocenters. The molecular weight excluding hydrogens is 348 g/mol. The van der Waals surface area contributed by atoms with Crippen molar-refractivity contribution in [2.45, 2.75) is 19.4 Å². The number of nitro benzene ring substituents is 1. The van der Waals surface area contributed by atoms with Crippen LogP contribution in [0.5, 0.6) is 5.88 Å². The van der Waals surface area contributed by atoms with Crippen molar-refractivity contribution in [3.05, 3.63) is 57.8 Å². The molecule has 1 heterocycles. The second-order valence-corrected chi connectivity index (χ2v) is 6.79. The van der Waals surface area contributed by atoms with E-state index in [1.54, 1.807) is 37.3 Å². The molecule has 1 aliphatic rings. The number of anilines is 1. The highest BCUT2D eigenvalue weighted by molar-refractivity contribution is 6.00. The Morgan fingerprint density at radius 3 is 2.70 bits per heavy atom. The molecule has 3 rings (SSSR count). The van der Waals surface area contributed by atoms with E-state index in [0.29, 0.717) is 24.1 Å². The summed E-state index contributed by atoms with van der Waals surface area (Å²) in [4.78, 5) is 29.0. The third-order valence-corrected chi connectivity index (χ3v) is 4.33. The smallest absolute Gasteiger partial charge is 0.270 e. The topological polar surface area (TPSA) is 97.6 Å². The Bertz CT molecular complexity index is 832. The van der Waals surface area contributed by atoms with Gasteiger partial charge < -0.3 is 15.0 Å². The number of nitrogens with zero attached hydrogens (tertiary/aromatic N) is 3. The van der Waals surface area contributed by atoms with Gasteiger partial charge in [0.05, 0.1) is 17.1 Å². The van der Waals surface area contributed by atoms with Gasteiger partial charge in [-0.25, -0.2) is 4.98 Å². The van der Waals surface area contributed by atoms with Crippen molar-refractivity contribution in [1.29, 1.82) is 0 Å². The summed E-state index contributed by atoms with van der Waals surface area (Å²) in [5.74, 6) is 0.855. The number of carbonyl (C=O) groups excluding carboxylic acids is 1. The van der Waals surface area contributed by atoms with Crippen LogP contribution >= 0.6 is 0 Å². The molecular formula is C19H22N4O4. The fourth-order valence-corrected chi connectivity index (χ4v) is 2.58. The SMILES string of the molecule is CN(C)c1ccc([N+](=O)[O-])cc1C(=O)NCc1ccc(OCC2CC2)nc1. The molecule has 0 bridgehead atoms. The summed E-state index contributed by atoms with van der Waals surface area (Å²) in [6, 6.07) is 7.87. The summed E-state index contributed by atoms with van der Waals surface area (Å²) < 4.78 is 5.59. The van der Waals surface area contributed by atoms with E-state index >= 15 is 0 Å². The van der Waals surface area contributed by atoms with Crippen LogP contribution in [0, 0.1) is 16.0 Å². The number of ether oxygens (including phenoxy) is 1. The average molecular weight is 370 g/mol. The van der Waals surface area contributed by atoms with Gasteiger partial charge in [-0.3, -0.25) is 14.9 Å². The van der Waals surface area contributed by atoms with E-state index in [0.717, 1.165) is 5.56 Å². The summed E-state index contributed by atoms with van der Waals surface area (Å²) in [6.07, 6.45) is 4.09. The zero-order valence-corrected chi connectivity index (χ0v) is 15.3. The maximum Gasteiger partial charge on any atom is 0.270 e. The Balaban J connectivity index is 1.64. The summed E-state index contributed by atoms with van der Waals surface area (Å²) in [6.45, 7) is 0.966. The van der Waals surface area contributed by atoms with Crippen molar-refractivity contribution >= 4 is 17.3 Å². The predicted octanol–water partition coefficient (Wildman–Crippen LogP) is 2.77. The maximum absolute atomic E-state index is 12.6. The van der Waals surface area contributed by atoms with Gasteiger partial charge in [-0.2, -0.15) is 0 Å². The lowest BCUT2D eigenvalue weighted by atomic mass is 10.1. The van der Waals surface area contributed by atoms with Crippen LogP contribution in [0.15, 0.2) is 36.5 Å². The highest BCUT2D eigenvalue weighted by Crippen LogP contribution is 2.29. The molecule has 1 aromatic heterocycles. The monoisotopic (exact) mass is 370 g/mol. The molecule has 0 spiro atoms. The van der Waals surface area contributed by atoms with Crippen LogP contribution in [0.4, 0.5) is 11.4 Å². The van der Waals surface area contributed by atoms with E-state index in [1.165, 1.54) is 25.0 Å². The number of amides is 1. The van der Waals surface area contributed by atoms with E-state index in [-0.39, 0.29) is 23.7 Å². The number of nitro groups is 1. The fraction of sp³-hybridized carbons (Fsp3) is 0.368. The number of hydrogen-bond acceptors (Lipinski definition) is 6. The molecule has 1 N–H and O–H groups in total. The van der Waals surface area contributed by atoms with Crippen molar-refractivity contribution in [3.63, 3.8) is 0 Å². The molecule has 1 amide bonds. The Kier molecular flexibility index (Phi) is 5.54. The van der Waals surface area contributed by atoms with Crippen molar-refractivity contribution in [3.8, 4) is 5.88 Å². The minimum Gasteiger partial charge on any atom is -0.477 e. The van der Waals surface area contributed by atoms with Gasteiger partial charge in [-0.05, 0) is 30.4 Å². The lowest BCUT2D eigenvalue weighted by Gasteiger charge is -2.17. The highest BCUT2D eigenvalue weighted by atomic mass is 16.6. The van der Waals surface area contributed by atoms with Crippen LogP contribution in [0.25, 0.3) is 0 Å². The highest BCUT2D eigenvalue weighted by Gasteiger charge is 2.22. The molecule has 1 fully saturated rings. The van der Waals surface area contributed by atoms with Gasteiger partial charge in [0.25, 0.3) is 11.6 Å². The lowest BCUT2D eigenvalue weighted by molar-refractivity contribution is -0.384. The molecule has 1 aliphatic carbocycles. The van der Waals surface area contributed by atoms with Gasteiger partial charge in [-0.1, -0.05) is 6.07 Å². The van der Waals surface area contributed by atoms with Gasteiger partial charge >= 0.3 is 0 Å². The van der Waals surface area contributed by atoms with Crippen molar-refractivity contribution in [2.75, 3.05) is 25.6 Å². The molecule has 8 heteroatoms. The summed E-state index contributed by atoms with van der Waals surface area (Å²) >= 11 is 0. The predicted molar refractivity (Wildman–Crippen MR) is 101 cm³/mol. The minimum absolute atomic E-state index is 0.121. The third kappa shape index (κ3) is 4.93. The van der Waals surface area contributed by atoms with Crippen molar-refractivity contribution in [2.24, 2.45) is 5.92 Å². The molecule has 8 nitrogen and oxygen atoms in total. The average Bonchev–Trinajstić information content (AvgIpc) is 3.49. The normalized spacial score (nSPS) is 13.1. The Morgan fingerprint density at radius 2 is 2.11 bits per heavy atom. The number of non-ortho nitro benzene ring substituents is 1. The van der Waals surface area contributed by atoms with E-state index < -0.39 is 4.92 Å². The van der Waals surface area contributed by atoms with E-state index in [1.807, 2.05) is 6.07 Å². The summed E-state index contributed by atoms with van der Waals surface area (Å²) in [5.41, 5.74) is 1.56. The second kappa shape index (κ2) is 8.03. The van der Waals surface area contributed by atoms with Gasteiger partial charge in [0, 0.05) is 50.7 Å². The zero-order chi connectivity index (χ0) is 19.4. The number of hydrogen-bond donors (Lipinski definition) is 1. The first-order valence-electron chi connectivity index (χ1n) is 8.75. The van der Waals surface area contributed by atoms with Crippen molar-refractivity contribution < 1.29 is 14.5 Å². The second-order valence-electron chi connectivity index (χ2n) is 6.79. The van der Waals surface area contributed by atoms with Crippen LogP contribution in [0.3, 0.4) is 0 Å². The standard InChI is InChI=1S/C19H22N4O4/c1-22(2)17-7-6-15(23(25)26)9-16(17)19(24)21-11-14-5-8-18(20-10-14)27-12-13-3-4-13/h5-10,13H,3-4,11-12H2,1-2H3,(H,21,24). The molecule has 0 saturated heterocycles. The van der Waals surface area contributed by atoms with Crippen LogP contribution in [0.2, 0.25) is 0 Å².